The minimum absolute atomic E-state index is 0.0751. The van der Waals surface area contributed by atoms with Gasteiger partial charge in [0.1, 0.15) is 5.84 Å². The molecule has 31 heavy (non-hydrogen) atoms. The molecule has 0 spiro atoms. The lowest BCUT2D eigenvalue weighted by Gasteiger charge is -2.55. The number of anilines is 1. The number of benzene rings is 1. The zero-order valence-electron chi connectivity index (χ0n) is 19.4. The Morgan fingerprint density at radius 2 is 1.45 bits per heavy atom. The van der Waals surface area contributed by atoms with Gasteiger partial charge in [-0.05, 0) is 115 Å². The van der Waals surface area contributed by atoms with Gasteiger partial charge in [-0.3, -0.25) is 19.6 Å². The maximum Gasteiger partial charge on any atom is 0.240 e. The van der Waals surface area contributed by atoms with Crippen LogP contribution in [0.15, 0.2) is 29.3 Å². The molecule has 2 saturated heterocycles. The van der Waals surface area contributed by atoms with Gasteiger partial charge in [0, 0.05) is 0 Å². The summed E-state index contributed by atoms with van der Waals surface area (Å²) in [5.74, 6) is 3.86. The van der Waals surface area contributed by atoms with Crippen molar-refractivity contribution in [2.75, 3.05) is 18.0 Å². The molecule has 2 heterocycles. The zero-order chi connectivity index (χ0) is 21.4. The van der Waals surface area contributed by atoms with Crippen molar-refractivity contribution in [3.63, 3.8) is 0 Å². The fraction of sp³-hybridized carbons (Fsp3) is 0.704. The number of likely N-dealkylation sites (tertiary alicyclic amines) is 1. The number of hydrogen-bond donors (Lipinski definition) is 0. The third kappa shape index (κ3) is 3.12. The summed E-state index contributed by atoms with van der Waals surface area (Å²) in [4.78, 5) is 24.2. The lowest BCUT2D eigenvalue weighted by atomic mass is 9.53. The van der Waals surface area contributed by atoms with Gasteiger partial charge >= 0.3 is 0 Å². The summed E-state index contributed by atoms with van der Waals surface area (Å²) < 4.78 is 0. The van der Waals surface area contributed by atoms with Crippen LogP contribution in [-0.4, -0.2) is 41.3 Å². The first-order chi connectivity index (χ1) is 14.8. The topological polar surface area (TPSA) is 35.9 Å². The summed E-state index contributed by atoms with van der Waals surface area (Å²) >= 11 is 0. The number of amidine groups is 1. The Kier molecular flexibility index (Phi) is 4.45. The Bertz CT molecular complexity index is 874. The highest BCUT2D eigenvalue weighted by Gasteiger charge is 2.57. The van der Waals surface area contributed by atoms with Crippen LogP contribution in [0.3, 0.4) is 0 Å². The van der Waals surface area contributed by atoms with Crippen LogP contribution in [0, 0.1) is 30.1 Å². The molecule has 1 aromatic rings. The van der Waals surface area contributed by atoms with Gasteiger partial charge in [0.15, 0.2) is 0 Å². The second kappa shape index (κ2) is 6.91. The lowest BCUT2D eigenvalue weighted by Crippen LogP contribution is -2.52. The van der Waals surface area contributed by atoms with E-state index in [9.17, 15) is 4.79 Å². The van der Waals surface area contributed by atoms with E-state index in [-0.39, 0.29) is 17.5 Å². The van der Waals surface area contributed by atoms with Crippen LogP contribution in [0.25, 0.3) is 0 Å². The SMILES string of the molecule is Cc1ccc(N2C(=O)C(C)(C)C(N3CCCC3)C2=NC23CC4CC(CC(C4)C2)C3)cc1. The molecule has 0 aromatic heterocycles. The van der Waals surface area contributed by atoms with E-state index in [1.54, 1.807) is 0 Å². The molecular weight excluding hydrogens is 382 g/mol. The lowest BCUT2D eigenvalue weighted by molar-refractivity contribution is -0.125. The summed E-state index contributed by atoms with van der Waals surface area (Å²) in [5, 5.41) is 0. The Hall–Kier alpha value is -1.68. The molecule has 1 aromatic carbocycles. The first-order valence-corrected chi connectivity index (χ1v) is 12.6. The average Bonchev–Trinajstić information content (AvgIpc) is 3.27. The van der Waals surface area contributed by atoms with Gasteiger partial charge in [0.25, 0.3) is 0 Å². The molecule has 0 N–H and O–H groups in total. The average molecular weight is 420 g/mol. The molecule has 1 amide bonds. The second-order valence-electron chi connectivity index (χ2n) is 12.0. The first kappa shape index (κ1) is 20.0. The van der Waals surface area contributed by atoms with Crippen LogP contribution in [0.1, 0.15) is 70.8 Å². The van der Waals surface area contributed by atoms with E-state index in [0.29, 0.717) is 0 Å². The molecule has 7 rings (SSSR count). The van der Waals surface area contributed by atoms with Crippen molar-refractivity contribution in [3.05, 3.63) is 29.8 Å². The zero-order valence-corrected chi connectivity index (χ0v) is 19.4. The van der Waals surface area contributed by atoms with Crippen molar-refractivity contribution >= 4 is 17.4 Å². The van der Waals surface area contributed by atoms with Gasteiger partial charge in [-0.2, -0.15) is 0 Å². The van der Waals surface area contributed by atoms with Gasteiger partial charge in [0.2, 0.25) is 5.91 Å². The Morgan fingerprint density at radius 3 is 2.00 bits per heavy atom. The van der Waals surface area contributed by atoms with Crippen LogP contribution >= 0.6 is 0 Å². The van der Waals surface area contributed by atoms with E-state index in [2.05, 4.69) is 49.9 Å². The number of hydrogen-bond acceptors (Lipinski definition) is 3. The van der Waals surface area contributed by atoms with Gasteiger partial charge in [-0.25, -0.2) is 0 Å². The van der Waals surface area contributed by atoms with Crippen molar-refractivity contribution in [1.29, 1.82) is 0 Å². The number of carbonyl (C=O) groups excluding carboxylic acids is 1. The molecule has 4 bridgehead atoms. The second-order valence-corrected chi connectivity index (χ2v) is 12.0. The molecule has 4 saturated carbocycles. The third-order valence-electron chi connectivity index (χ3n) is 9.07. The Balaban J connectivity index is 1.48. The van der Waals surface area contributed by atoms with E-state index in [1.807, 2.05) is 4.90 Å². The largest absolute Gasteiger partial charge is 0.293 e. The van der Waals surface area contributed by atoms with E-state index in [4.69, 9.17) is 4.99 Å². The predicted octanol–water partition coefficient (Wildman–Crippen LogP) is 5.20. The van der Waals surface area contributed by atoms with Gasteiger partial charge in [-0.1, -0.05) is 17.7 Å². The minimum Gasteiger partial charge on any atom is -0.293 e. The van der Waals surface area contributed by atoms with Crippen LogP contribution in [0.5, 0.6) is 0 Å². The molecule has 1 unspecified atom stereocenters. The molecule has 6 aliphatic rings. The molecule has 4 heteroatoms. The maximum atomic E-state index is 13.9. The molecule has 0 radical (unpaired) electrons. The molecular formula is C27H37N3O. The number of aryl methyl sites for hydroxylation is 1. The van der Waals surface area contributed by atoms with Crippen LogP contribution in [0.4, 0.5) is 5.69 Å². The van der Waals surface area contributed by atoms with Gasteiger partial charge in [0.05, 0.1) is 22.7 Å². The van der Waals surface area contributed by atoms with E-state index >= 15 is 0 Å². The minimum atomic E-state index is -0.448. The summed E-state index contributed by atoms with van der Waals surface area (Å²) in [6.07, 6.45) is 10.5. The Labute approximate surface area is 187 Å². The fourth-order valence-electron chi connectivity index (χ4n) is 8.07. The number of aliphatic imine (C=N–C) groups is 1. The van der Waals surface area contributed by atoms with E-state index in [0.717, 1.165) is 42.4 Å². The predicted molar refractivity (Wildman–Crippen MR) is 125 cm³/mol. The fourth-order valence-corrected chi connectivity index (χ4v) is 8.07. The summed E-state index contributed by atoms with van der Waals surface area (Å²) in [6, 6.07) is 8.58. The number of amides is 1. The highest BCUT2D eigenvalue weighted by molar-refractivity contribution is 6.27. The van der Waals surface area contributed by atoms with Crippen LogP contribution in [0.2, 0.25) is 0 Å². The van der Waals surface area contributed by atoms with Gasteiger partial charge < -0.3 is 0 Å². The molecule has 166 valence electrons. The van der Waals surface area contributed by atoms with Crippen molar-refractivity contribution in [1.82, 2.24) is 4.90 Å². The van der Waals surface area contributed by atoms with Crippen molar-refractivity contribution in [3.8, 4) is 0 Å². The normalized spacial score (nSPS) is 40.4. The summed E-state index contributed by atoms with van der Waals surface area (Å²) in [5.41, 5.74) is 1.85. The highest BCUT2D eigenvalue weighted by atomic mass is 16.2. The van der Waals surface area contributed by atoms with Crippen molar-refractivity contribution < 1.29 is 4.79 Å². The van der Waals surface area contributed by atoms with Gasteiger partial charge in [-0.15, -0.1) is 0 Å². The monoisotopic (exact) mass is 419 g/mol. The number of nitrogens with zero attached hydrogens (tertiary/aromatic N) is 3. The van der Waals surface area contributed by atoms with Crippen LogP contribution in [-0.2, 0) is 4.79 Å². The summed E-state index contributed by atoms with van der Waals surface area (Å²) in [7, 11) is 0. The Morgan fingerprint density at radius 1 is 0.903 bits per heavy atom. The number of rotatable bonds is 3. The first-order valence-electron chi connectivity index (χ1n) is 12.6. The van der Waals surface area contributed by atoms with E-state index < -0.39 is 5.41 Å². The smallest absolute Gasteiger partial charge is 0.240 e. The quantitative estimate of drug-likeness (QED) is 0.675. The number of carbonyl (C=O) groups is 1. The molecule has 4 aliphatic carbocycles. The molecule has 4 nitrogen and oxygen atoms in total. The molecule has 1 atom stereocenters. The van der Waals surface area contributed by atoms with Crippen molar-refractivity contribution in [2.45, 2.75) is 83.7 Å². The van der Waals surface area contributed by atoms with E-state index in [1.165, 1.54) is 56.9 Å². The molecule has 6 fully saturated rings. The van der Waals surface area contributed by atoms with Crippen LogP contribution < -0.4 is 4.90 Å². The molecule has 2 aliphatic heterocycles. The van der Waals surface area contributed by atoms with Crippen molar-refractivity contribution in [2.24, 2.45) is 28.2 Å². The standard InChI is InChI=1S/C27H37N3O/c1-18-6-8-22(9-7-18)30-24(23(26(2,3)25(30)31)29-10-4-5-11-29)28-27-15-19-12-20(16-27)14-21(13-19)17-27/h6-9,19-21,23H,4-5,10-17H2,1-3H3. The highest BCUT2D eigenvalue weighted by Crippen LogP contribution is 2.58. The maximum absolute atomic E-state index is 13.9. The third-order valence-corrected chi connectivity index (χ3v) is 9.07. The summed E-state index contributed by atoms with van der Waals surface area (Å²) in [6.45, 7) is 8.59.